The van der Waals surface area contributed by atoms with Crippen molar-refractivity contribution in [2.75, 3.05) is 11.1 Å². The Morgan fingerprint density at radius 1 is 1.11 bits per heavy atom. The van der Waals surface area contributed by atoms with Gasteiger partial charge in [0.2, 0.25) is 5.82 Å². The van der Waals surface area contributed by atoms with Crippen LogP contribution in [0.25, 0.3) is 5.69 Å². The maximum atomic E-state index is 13.0. The van der Waals surface area contributed by atoms with E-state index in [1.54, 1.807) is 0 Å². The number of aromatic carboxylic acids is 1. The summed E-state index contributed by atoms with van der Waals surface area (Å²) in [6.45, 7) is 1.46. The number of urea groups is 1. The number of nitrogens with two attached hydrogens (primary N) is 1. The lowest BCUT2D eigenvalue weighted by atomic mass is 10.1. The van der Waals surface area contributed by atoms with Crippen molar-refractivity contribution in [2.45, 2.75) is 13.1 Å². The molecule has 0 unspecified atom stereocenters. The molecule has 5 N–H and O–H groups in total. The summed E-state index contributed by atoms with van der Waals surface area (Å²) in [4.78, 5) is 36.6. The van der Waals surface area contributed by atoms with E-state index in [1.165, 1.54) is 25.3 Å². The standard InChI is InChI=1S/C15H12F2N4O3.C10H5Cl2F3N4O2/c1-8(13-12(14(22)23)3-2-4-18-13)20-21-15(24)19-11-6-9(16)5-10(17)7-11;11-5-1-4(10(13,14)15)2-6(12)8(5)18-9(16)7(3-17-18)19(20)21/h2-7H,1H3,(H,22,23)(H2,19,21,24);1-3H,16H2/b20-8+;. The van der Waals surface area contributed by atoms with Crippen LogP contribution in [0.5, 0.6) is 0 Å². The first-order valence-corrected chi connectivity index (χ1v) is 12.6. The van der Waals surface area contributed by atoms with E-state index >= 15 is 0 Å². The number of nitrogen functional groups attached to an aromatic ring is 1. The average molecular weight is 675 g/mol. The van der Waals surface area contributed by atoms with Crippen LogP contribution in [-0.4, -0.2) is 42.5 Å². The molecule has 0 spiro atoms. The fourth-order valence-corrected chi connectivity index (χ4v) is 4.09. The van der Waals surface area contributed by atoms with Crippen molar-refractivity contribution in [2.24, 2.45) is 5.10 Å². The minimum absolute atomic E-state index is 0.0758. The average Bonchev–Trinajstić information content (AvgIpc) is 3.31. The van der Waals surface area contributed by atoms with Gasteiger partial charge in [-0.25, -0.2) is 28.5 Å². The lowest BCUT2D eigenvalue weighted by molar-refractivity contribution is -0.383. The van der Waals surface area contributed by atoms with Crippen molar-refractivity contribution < 1.29 is 41.6 Å². The van der Waals surface area contributed by atoms with E-state index < -0.39 is 51.8 Å². The summed E-state index contributed by atoms with van der Waals surface area (Å²) in [6.07, 6.45) is -2.40. The van der Waals surface area contributed by atoms with Crippen molar-refractivity contribution in [1.29, 1.82) is 0 Å². The topological polar surface area (TPSA) is 191 Å². The molecule has 2 amide bonds. The highest BCUT2D eigenvalue weighted by Crippen LogP contribution is 2.39. The number of rotatable bonds is 6. The Balaban J connectivity index is 0.000000248. The molecule has 2 aromatic carbocycles. The molecule has 0 bridgehead atoms. The number of anilines is 2. The maximum Gasteiger partial charge on any atom is 0.416 e. The summed E-state index contributed by atoms with van der Waals surface area (Å²) in [5, 5.41) is 28.5. The number of hydrogen-bond donors (Lipinski definition) is 4. The van der Waals surface area contributed by atoms with Gasteiger partial charge in [-0.1, -0.05) is 23.2 Å². The largest absolute Gasteiger partial charge is 0.478 e. The number of nitrogens with zero attached hydrogens (tertiary/aromatic N) is 5. The van der Waals surface area contributed by atoms with E-state index in [4.69, 9.17) is 34.0 Å². The highest BCUT2D eigenvalue weighted by molar-refractivity contribution is 6.38. The van der Waals surface area contributed by atoms with Gasteiger partial charge in [0, 0.05) is 18.0 Å². The predicted octanol–water partition coefficient (Wildman–Crippen LogP) is 6.29. The number of carboxylic acid groups (broad SMARTS) is 1. The van der Waals surface area contributed by atoms with Gasteiger partial charge in [0.25, 0.3) is 0 Å². The number of benzene rings is 2. The van der Waals surface area contributed by atoms with E-state index in [0.29, 0.717) is 18.2 Å². The molecule has 4 aromatic rings. The van der Waals surface area contributed by atoms with Crippen LogP contribution in [0.1, 0.15) is 28.5 Å². The second kappa shape index (κ2) is 14.0. The van der Waals surface area contributed by atoms with Crippen LogP contribution in [0, 0.1) is 21.7 Å². The number of amides is 2. The summed E-state index contributed by atoms with van der Waals surface area (Å²) in [5.74, 6) is -3.27. The predicted molar refractivity (Wildman–Crippen MR) is 152 cm³/mol. The fourth-order valence-electron chi connectivity index (χ4n) is 3.44. The van der Waals surface area contributed by atoms with Crippen LogP contribution in [0.15, 0.2) is 60.0 Å². The molecule has 0 radical (unpaired) electrons. The number of aromatic nitrogens is 3. The Morgan fingerprint density at radius 3 is 2.22 bits per heavy atom. The number of carbonyl (C=O) groups is 2. The molecule has 0 aliphatic heterocycles. The van der Waals surface area contributed by atoms with Gasteiger partial charge in [-0.05, 0) is 43.3 Å². The van der Waals surface area contributed by atoms with Gasteiger partial charge in [-0.15, -0.1) is 0 Å². The molecule has 0 fully saturated rings. The third kappa shape index (κ3) is 8.61. The first-order chi connectivity index (χ1) is 21.0. The highest BCUT2D eigenvalue weighted by Gasteiger charge is 2.33. The smallest absolute Gasteiger partial charge is 0.416 e. The van der Waals surface area contributed by atoms with Gasteiger partial charge in [-0.3, -0.25) is 15.1 Å². The number of carbonyl (C=O) groups excluding carboxylic acids is 1. The van der Waals surface area contributed by atoms with E-state index in [1.807, 2.05) is 0 Å². The zero-order valence-corrected chi connectivity index (χ0v) is 23.7. The quantitative estimate of drug-likeness (QED) is 0.0793. The molecule has 4 rings (SSSR count). The highest BCUT2D eigenvalue weighted by atomic mass is 35.5. The second-order valence-corrected chi connectivity index (χ2v) is 9.31. The molecule has 20 heteroatoms. The summed E-state index contributed by atoms with van der Waals surface area (Å²) in [6, 6.07) is 5.75. The molecule has 0 saturated heterocycles. The number of carboxylic acids is 1. The van der Waals surface area contributed by atoms with Gasteiger partial charge >= 0.3 is 23.9 Å². The van der Waals surface area contributed by atoms with E-state index in [2.05, 4.69) is 25.9 Å². The van der Waals surface area contributed by atoms with Crippen LogP contribution < -0.4 is 16.5 Å². The first-order valence-electron chi connectivity index (χ1n) is 11.8. The van der Waals surface area contributed by atoms with Gasteiger partial charge in [0.1, 0.15) is 29.2 Å². The second-order valence-electron chi connectivity index (χ2n) is 8.50. The third-order valence-electron chi connectivity index (χ3n) is 5.37. The van der Waals surface area contributed by atoms with E-state index in [0.717, 1.165) is 23.0 Å². The number of nitro groups is 1. The Morgan fingerprint density at radius 2 is 1.71 bits per heavy atom. The molecule has 0 saturated carbocycles. The van der Waals surface area contributed by atoms with E-state index in [-0.39, 0.29) is 38.4 Å². The number of halogens is 7. The Bertz CT molecular complexity index is 1770. The Labute approximate surface area is 258 Å². The zero-order chi connectivity index (χ0) is 33.6. The maximum absolute atomic E-state index is 13.0. The zero-order valence-electron chi connectivity index (χ0n) is 22.2. The molecular weight excluding hydrogens is 658 g/mol. The molecular formula is C25H17Cl2F5N8O5. The summed E-state index contributed by atoms with van der Waals surface area (Å²) >= 11 is 11.5. The molecule has 236 valence electrons. The van der Waals surface area contributed by atoms with Gasteiger partial charge in [-0.2, -0.15) is 23.4 Å². The van der Waals surface area contributed by atoms with Crippen molar-refractivity contribution in [3.8, 4) is 5.69 Å². The number of hydrogen-bond acceptors (Lipinski definition) is 8. The van der Waals surface area contributed by atoms with Gasteiger partial charge < -0.3 is 16.2 Å². The molecule has 2 heterocycles. The number of pyridine rings is 1. The Hall–Kier alpha value is -5.36. The summed E-state index contributed by atoms with van der Waals surface area (Å²) in [5.41, 5.74) is 5.94. The van der Waals surface area contributed by atoms with Crippen LogP contribution in [0.4, 0.5) is 43.9 Å². The van der Waals surface area contributed by atoms with Crippen LogP contribution >= 0.6 is 23.2 Å². The number of alkyl halides is 3. The first kappa shape index (κ1) is 34.1. The van der Waals surface area contributed by atoms with Gasteiger partial charge in [0.05, 0.1) is 31.8 Å². The van der Waals surface area contributed by atoms with E-state index in [9.17, 15) is 41.7 Å². The molecule has 2 aromatic heterocycles. The fraction of sp³-hybridized carbons (Fsp3) is 0.0800. The lowest BCUT2D eigenvalue weighted by Crippen LogP contribution is -2.26. The lowest BCUT2D eigenvalue weighted by Gasteiger charge is -2.12. The molecule has 13 nitrogen and oxygen atoms in total. The minimum atomic E-state index is -4.63. The van der Waals surface area contributed by atoms with Crippen molar-refractivity contribution in [3.63, 3.8) is 0 Å². The minimum Gasteiger partial charge on any atom is -0.478 e. The molecule has 0 aliphatic rings. The number of nitrogens with one attached hydrogen (secondary N) is 2. The Kier molecular flexibility index (Phi) is 10.6. The summed E-state index contributed by atoms with van der Waals surface area (Å²) in [7, 11) is 0. The van der Waals surface area contributed by atoms with Crippen molar-refractivity contribution in [3.05, 3.63) is 103 Å². The molecule has 45 heavy (non-hydrogen) atoms. The van der Waals surface area contributed by atoms with Crippen LogP contribution in [0.2, 0.25) is 10.0 Å². The summed E-state index contributed by atoms with van der Waals surface area (Å²) < 4.78 is 64.7. The van der Waals surface area contributed by atoms with Gasteiger partial charge in [0.15, 0.2) is 0 Å². The molecule has 0 atom stereocenters. The number of hydrazone groups is 1. The van der Waals surface area contributed by atoms with Crippen LogP contribution in [0.3, 0.4) is 0 Å². The van der Waals surface area contributed by atoms with Crippen molar-refractivity contribution >= 4 is 58.1 Å². The normalized spacial score (nSPS) is 11.3. The monoisotopic (exact) mass is 674 g/mol. The SMILES string of the molecule is C/C(=N\NC(=O)Nc1cc(F)cc(F)c1)c1ncccc1C(=O)O.Nc1c([N+](=O)[O-])cnn1-c1c(Cl)cc(C(F)(F)F)cc1Cl. The van der Waals surface area contributed by atoms with Crippen LogP contribution in [-0.2, 0) is 6.18 Å². The molecule has 0 aliphatic carbocycles. The third-order valence-corrected chi connectivity index (χ3v) is 5.94. The van der Waals surface area contributed by atoms with Crippen molar-refractivity contribution in [1.82, 2.24) is 20.2 Å².